The van der Waals surface area contributed by atoms with Crippen LogP contribution in [0.25, 0.3) is 0 Å². The second-order valence-electron chi connectivity index (χ2n) is 5.09. The van der Waals surface area contributed by atoms with Gasteiger partial charge in [0.1, 0.15) is 10.7 Å². The van der Waals surface area contributed by atoms with Crippen LogP contribution < -0.4 is 16.4 Å². The van der Waals surface area contributed by atoms with E-state index in [-0.39, 0.29) is 11.7 Å². The van der Waals surface area contributed by atoms with Gasteiger partial charge in [-0.25, -0.2) is 4.98 Å². The average Bonchev–Trinajstić information content (AvgIpc) is 2.89. The van der Waals surface area contributed by atoms with Gasteiger partial charge in [-0.2, -0.15) is 0 Å². The van der Waals surface area contributed by atoms with Gasteiger partial charge in [0.2, 0.25) is 0 Å². The van der Waals surface area contributed by atoms with E-state index < -0.39 is 0 Å². The van der Waals surface area contributed by atoms with Crippen LogP contribution in [-0.2, 0) is 12.8 Å². The first-order valence-electron chi connectivity index (χ1n) is 7.05. The molecular formula is C15H18N4OS. The van der Waals surface area contributed by atoms with E-state index >= 15 is 0 Å². The summed E-state index contributed by atoms with van der Waals surface area (Å²) in [6.07, 6.45) is 4.50. The molecule has 0 bridgehead atoms. The summed E-state index contributed by atoms with van der Waals surface area (Å²) >= 11 is 1.26. The van der Waals surface area contributed by atoms with Crippen LogP contribution >= 0.6 is 11.3 Å². The number of aryl methyl sites for hydroxylation is 1. The van der Waals surface area contributed by atoms with E-state index in [0.29, 0.717) is 10.0 Å². The molecule has 3 rings (SSSR count). The molecule has 0 unspecified atom stereocenters. The number of amides is 1. The molecular weight excluding hydrogens is 284 g/mol. The maximum atomic E-state index is 12.4. The van der Waals surface area contributed by atoms with Crippen molar-refractivity contribution in [2.75, 3.05) is 23.4 Å². The van der Waals surface area contributed by atoms with Crippen molar-refractivity contribution in [1.82, 2.24) is 4.98 Å². The molecule has 4 N–H and O–H groups in total. The van der Waals surface area contributed by atoms with Gasteiger partial charge in [0.25, 0.3) is 5.91 Å². The standard InChI is InChI=1S/C15H18N4OS/c1-17-15-19-13(16)12(21-15)14(20)18-11-8-4-6-9-5-2-3-7-10(9)11/h4,6,8H,2-3,5,7,16H2,1H3,(H,17,19)(H,18,20). The van der Waals surface area contributed by atoms with Crippen molar-refractivity contribution in [2.24, 2.45) is 0 Å². The lowest BCUT2D eigenvalue weighted by Crippen LogP contribution is -2.15. The predicted octanol–water partition coefficient (Wildman–Crippen LogP) is 2.90. The van der Waals surface area contributed by atoms with Gasteiger partial charge in [0.15, 0.2) is 5.13 Å². The second-order valence-corrected chi connectivity index (χ2v) is 6.09. The Balaban J connectivity index is 1.86. The van der Waals surface area contributed by atoms with Crippen molar-refractivity contribution in [1.29, 1.82) is 0 Å². The van der Waals surface area contributed by atoms with Crippen molar-refractivity contribution in [3.05, 3.63) is 34.2 Å². The fourth-order valence-electron chi connectivity index (χ4n) is 2.68. The highest BCUT2D eigenvalue weighted by Crippen LogP contribution is 2.30. The van der Waals surface area contributed by atoms with Crippen molar-refractivity contribution in [3.63, 3.8) is 0 Å². The molecule has 2 aromatic rings. The van der Waals surface area contributed by atoms with Crippen LogP contribution in [0, 0.1) is 0 Å². The zero-order valence-corrected chi connectivity index (χ0v) is 12.7. The van der Waals surface area contributed by atoms with Gasteiger partial charge in [0, 0.05) is 12.7 Å². The third kappa shape index (κ3) is 2.71. The van der Waals surface area contributed by atoms with Crippen LogP contribution in [0.15, 0.2) is 18.2 Å². The summed E-state index contributed by atoms with van der Waals surface area (Å²) in [6.45, 7) is 0. The molecule has 21 heavy (non-hydrogen) atoms. The van der Waals surface area contributed by atoms with Crippen LogP contribution in [0.2, 0.25) is 0 Å². The molecule has 1 aromatic carbocycles. The lowest BCUT2D eigenvalue weighted by molar-refractivity contribution is 0.103. The number of rotatable bonds is 3. The largest absolute Gasteiger partial charge is 0.382 e. The van der Waals surface area contributed by atoms with E-state index in [1.807, 2.05) is 12.1 Å². The summed E-state index contributed by atoms with van der Waals surface area (Å²) in [7, 11) is 1.76. The van der Waals surface area contributed by atoms with Crippen molar-refractivity contribution < 1.29 is 4.79 Å². The van der Waals surface area contributed by atoms with E-state index in [4.69, 9.17) is 5.73 Å². The number of aromatic nitrogens is 1. The fourth-order valence-corrected chi connectivity index (χ4v) is 3.41. The Labute approximate surface area is 127 Å². The number of nitrogens with one attached hydrogen (secondary N) is 2. The molecule has 1 aromatic heterocycles. The molecule has 1 heterocycles. The maximum absolute atomic E-state index is 12.4. The van der Waals surface area contributed by atoms with Crippen LogP contribution in [-0.4, -0.2) is 17.9 Å². The molecule has 0 radical (unpaired) electrons. The minimum absolute atomic E-state index is 0.189. The Bertz CT molecular complexity index is 680. The lowest BCUT2D eigenvalue weighted by atomic mass is 9.90. The molecule has 0 aliphatic heterocycles. The van der Waals surface area contributed by atoms with Gasteiger partial charge >= 0.3 is 0 Å². The Morgan fingerprint density at radius 2 is 2.14 bits per heavy atom. The van der Waals surface area contributed by atoms with Gasteiger partial charge in [0.05, 0.1) is 0 Å². The van der Waals surface area contributed by atoms with E-state index in [1.165, 1.54) is 35.3 Å². The third-order valence-electron chi connectivity index (χ3n) is 3.72. The summed E-state index contributed by atoms with van der Waals surface area (Å²) in [5.41, 5.74) is 9.31. The van der Waals surface area contributed by atoms with E-state index in [2.05, 4.69) is 21.7 Å². The first-order valence-corrected chi connectivity index (χ1v) is 7.87. The minimum atomic E-state index is -0.189. The maximum Gasteiger partial charge on any atom is 0.269 e. The number of nitrogen functional groups attached to an aromatic ring is 1. The molecule has 6 heteroatoms. The lowest BCUT2D eigenvalue weighted by Gasteiger charge is -2.19. The number of carbonyl (C=O) groups excluding carboxylic acids is 1. The van der Waals surface area contributed by atoms with Gasteiger partial charge in [-0.3, -0.25) is 4.79 Å². The number of hydrogen-bond acceptors (Lipinski definition) is 5. The van der Waals surface area contributed by atoms with Gasteiger partial charge in [-0.05, 0) is 42.9 Å². The average molecular weight is 302 g/mol. The summed E-state index contributed by atoms with van der Waals surface area (Å²) in [6, 6.07) is 6.09. The highest BCUT2D eigenvalue weighted by Gasteiger charge is 2.19. The van der Waals surface area contributed by atoms with Crippen molar-refractivity contribution >= 4 is 33.9 Å². The van der Waals surface area contributed by atoms with Gasteiger partial charge in [-0.1, -0.05) is 23.5 Å². The molecule has 0 saturated heterocycles. The van der Waals surface area contributed by atoms with Crippen molar-refractivity contribution in [3.8, 4) is 0 Å². The number of benzene rings is 1. The molecule has 0 fully saturated rings. The molecule has 5 nitrogen and oxygen atoms in total. The number of hydrogen-bond donors (Lipinski definition) is 3. The van der Waals surface area contributed by atoms with Crippen LogP contribution in [0.3, 0.4) is 0 Å². The Morgan fingerprint density at radius 1 is 1.33 bits per heavy atom. The van der Waals surface area contributed by atoms with E-state index in [1.54, 1.807) is 7.05 Å². The first kappa shape index (κ1) is 13.9. The summed E-state index contributed by atoms with van der Waals surface area (Å²) < 4.78 is 0. The van der Waals surface area contributed by atoms with E-state index in [0.717, 1.165) is 18.5 Å². The zero-order valence-electron chi connectivity index (χ0n) is 11.9. The third-order valence-corrected chi connectivity index (χ3v) is 4.81. The highest BCUT2D eigenvalue weighted by molar-refractivity contribution is 7.18. The number of carbonyl (C=O) groups is 1. The SMILES string of the molecule is CNc1nc(N)c(C(=O)Nc2cccc3c2CCCC3)s1. The molecule has 0 atom stereocenters. The fraction of sp³-hybridized carbons (Fsp3) is 0.333. The quantitative estimate of drug-likeness (QED) is 0.814. The number of nitrogens with two attached hydrogens (primary N) is 1. The van der Waals surface area contributed by atoms with Gasteiger partial charge < -0.3 is 16.4 Å². The molecule has 1 aliphatic carbocycles. The minimum Gasteiger partial charge on any atom is -0.382 e. The monoisotopic (exact) mass is 302 g/mol. The number of nitrogens with zero attached hydrogens (tertiary/aromatic N) is 1. The summed E-state index contributed by atoms with van der Waals surface area (Å²) in [5.74, 6) is 0.0807. The molecule has 1 amide bonds. The molecule has 0 spiro atoms. The highest BCUT2D eigenvalue weighted by atomic mass is 32.1. The molecule has 110 valence electrons. The second kappa shape index (κ2) is 5.73. The molecule has 1 aliphatic rings. The number of anilines is 3. The van der Waals surface area contributed by atoms with Crippen LogP contribution in [0.1, 0.15) is 33.6 Å². The van der Waals surface area contributed by atoms with Gasteiger partial charge in [-0.15, -0.1) is 0 Å². The summed E-state index contributed by atoms with van der Waals surface area (Å²) in [4.78, 5) is 17.0. The van der Waals surface area contributed by atoms with Crippen molar-refractivity contribution in [2.45, 2.75) is 25.7 Å². The normalized spacial score (nSPS) is 13.6. The number of fused-ring (bicyclic) bond motifs is 1. The van der Waals surface area contributed by atoms with Crippen LogP contribution in [0.4, 0.5) is 16.6 Å². The Hall–Kier alpha value is -2.08. The Morgan fingerprint density at radius 3 is 2.90 bits per heavy atom. The number of thiazole rings is 1. The van der Waals surface area contributed by atoms with E-state index in [9.17, 15) is 4.79 Å². The first-order chi connectivity index (χ1) is 10.2. The summed E-state index contributed by atoms with van der Waals surface area (Å²) in [5, 5.41) is 6.54. The Kier molecular flexibility index (Phi) is 3.79. The smallest absolute Gasteiger partial charge is 0.269 e. The molecule has 0 saturated carbocycles. The van der Waals surface area contributed by atoms with Crippen LogP contribution in [0.5, 0.6) is 0 Å². The predicted molar refractivity (Wildman–Crippen MR) is 87.1 cm³/mol. The topological polar surface area (TPSA) is 80.0 Å². The zero-order chi connectivity index (χ0) is 14.8.